The Labute approximate surface area is 168 Å². The first-order valence-corrected chi connectivity index (χ1v) is 9.54. The molecular formula is C20H22Cl2FNO3. The van der Waals surface area contributed by atoms with Crippen molar-refractivity contribution < 1.29 is 19.0 Å². The number of β-amino-alcohol motifs (C(OH)–C–C–N with tert-alkyl or cyclic N) is 1. The first kappa shape index (κ1) is 20.4. The maximum atomic E-state index is 13.8. The van der Waals surface area contributed by atoms with Gasteiger partial charge in [-0.05, 0) is 31.2 Å². The SMILES string of the molecule is Cc1ccc(OCC(O)CN2CCOC(c3cc(F)c(Cl)cc3Cl)C2)cc1. The van der Waals surface area contributed by atoms with E-state index < -0.39 is 11.9 Å². The van der Waals surface area contributed by atoms with Crippen molar-refractivity contribution >= 4 is 23.2 Å². The number of rotatable bonds is 6. The number of halogens is 3. The number of morpholine rings is 1. The van der Waals surface area contributed by atoms with E-state index in [2.05, 4.69) is 4.90 Å². The van der Waals surface area contributed by atoms with Gasteiger partial charge in [-0.2, -0.15) is 0 Å². The third kappa shape index (κ3) is 5.56. The van der Waals surface area contributed by atoms with E-state index in [0.29, 0.717) is 36.8 Å². The molecule has 2 aromatic carbocycles. The summed E-state index contributed by atoms with van der Waals surface area (Å²) in [5, 5.41) is 10.7. The minimum atomic E-state index is -0.650. The molecule has 27 heavy (non-hydrogen) atoms. The maximum absolute atomic E-state index is 13.8. The van der Waals surface area contributed by atoms with Crippen LogP contribution in [0.1, 0.15) is 17.2 Å². The highest BCUT2D eigenvalue weighted by Crippen LogP contribution is 2.32. The zero-order chi connectivity index (χ0) is 19.4. The predicted molar refractivity (Wildman–Crippen MR) is 104 cm³/mol. The highest BCUT2D eigenvalue weighted by atomic mass is 35.5. The van der Waals surface area contributed by atoms with Crippen LogP contribution in [0.3, 0.4) is 0 Å². The molecule has 2 aromatic rings. The van der Waals surface area contributed by atoms with Crippen LogP contribution < -0.4 is 4.74 Å². The number of hydrogen-bond donors (Lipinski definition) is 1. The molecule has 0 bridgehead atoms. The number of hydrogen-bond acceptors (Lipinski definition) is 4. The van der Waals surface area contributed by atoms with Gasteiger partial charge in [0.05, 0.1) is 17.7 Å². The van der Waals surface area contributed by atoms with E-state index in [0.717, 1.165) is 11.3 Å². The van der Waals surface area contributed by atoms with E-state index >= 15 is 0 Å². The summed E-state index contributed by atoms with van der Waals surface area (Å²) in [6, 6.07) is 10.4. The van der Waals surface area contributed by atoms with Gasteiger partial charge in [0.15, 0.2) is 0 Å². The van der Waals surface area contributed by atoms with Gasteiger partial charge in [-0.1, -0.05) is 40.9 Å². The van der Waals surface area contributed by atoms with Gasteiger partial charge in [0, 0.05) is 30.2 Å². The van der Waals surface area contributed by atoms with Gasteiger partial charge in [0.2, 0.25) is 0 Å². The second-order valence-electron chi connectivity index (χ2n) is 6.68. The summed E-state index contributed by atoms with van der Waals surface area (Å²) in [4.78, 5) is 2.06. The average molecular weight is 414 g/mol. The molecule has 1 heterocycles. The lowest BCUT2D eigenvalue weighted by Crippen LogP contribution is -2.43. The molecule has 2 unspecified atom stereocenters. The number of nitrogens with zero attached hydrogens (tertiary/aromatic N) is 1. The highest BCUT2D eigenvalue weighted by Gasteiger charge is 2.26. The second kappa shape index (κ2) is 9.22. The predicted octanol–water partition coefficient (Wildman–Crippen LogP) is 4.25. The van der Waals surface area contributed by atoms with Crippen LogP contribution in [-0.2, 0) is 4.74 Å². The van der Waals surface area contributed by atoms with E-state index in [-0.39, 0.29) is 17.7 Å². The van der Waals surface area contributed by atoms with Crippen LogP contribution >= 0.6 is 23.2 Å². The molecule has 3 rings (SSSR count). The molecule has 7 heteroatoms. The number of ether oxygens (including phenoxy) is 2. The molecule has 0 radical (unpaired) electrons. The minimum Gasteiger partial charge on any atom is -0.491 e. The third-order valence-corrected chi connectivity index (χ3v) is 5.09. The van der Waals surface area contributed by atoms with Gasteiger partial charge in [0.25, 0.3) is 0 Å². The quantitative estimate of drug-likeness (QED) is 0.718. The normalized spacial score (nSPS) is 19.1. The summed E-state index contributed by atoms with van der Waals surface area (Å²) in [6.45, 7) is 4.28. The zero-order valence-electron chi connectivity index (χ0n) is 15.0. The topological polar surface area (TPSA) is 41.9 Å². The summed E-state index contributed by atoms with van der Waals surface area (Å²) in [5.74, 6) is 0.200. The van der Waals surface area contributed by atoms with E-state index in [4.69, 9.17) is 32.7 Å². The van der Waals surface area contributed by atoms with Gasteiger partial charge in [-0.3, -0.25) is 4.90 Å². The van der Waals surface area contributed by atoms with Gasteiger partial charge < -0.3 is 14.6 Å². The Kier molecular flexibility index (Phi) is 6.95. The molecule has 1 saturated heterocycles. The largest absolute Gasteiger partial charge is 0.491 e. The Hall–Kier alpha value is -1.37. The molecule has 1 fully saturated rings. The summed E-state index contributed by atoms with van der Waals surface area (Å²) in [6.07, 6.45) is -1.02. The average Bonchev–Trinajstić information content (AvgIpc) is 2.64. The van der Waals surface area contributed by atoms with Crippen LogP contribution in [0.4, 0.5) is 4.39 Å². The number of aryl methyl sites for hydroxylation is 1. The van der Waals surface area contributed by atoms with Crippen molar-refractivity contribution in [3.63, 3.8) is 0 Å². The van der Waals surface area contributed by atoms with E-state index in [1.807, 2.05) is 31.2 Å². The van der Waals surface area contributed by atoms with Crippen LogP contribution in [0, 0.1) is 12.7 Å². The second-order valence-corrected chi connectivity index (χ2v) is 7.50. The van der Waals surface area contributed by atoms with Crippen molar-refractivity contribution in [2.24, 2.45) is 0 Å². The molecule has 146 valence electrons. The standard InChI is InChI=1S/C20H22Cl2FNO3/c1-13-2-4-15(5-3-13)27-12-14(25)10-24-6-7-26-20(11-24)16-8-19(23)18(22)9-17(16)21/h2-5,8-9,14,20,25H,6-7,10-12H2,1H3. The van der Waals surface area contributed by atoms with Crippen molar-refractivity contribution in [2.45, 2.75) is 19.1 Å². The lowest BCUT2D eigenvalue weighted by molar-refractivity contribution is -0.0460. The number of aliphatic hydroxyl groups excluding tert-OH is 1. The molecule has 1 N–H and O–H groups in total. The summed E-state index contributed by atoms with van der Waals surface area (Å²) < 4.78 is 25.2. The minimum absolute atomic E-state index is 0.0138. The monoisotopic (exact) mass is 413 g/mol. The van der Waals surface area contributed by atoms with E-state index in [1.165, 1.54) is 12.1 Å². The van der Waals surface area contributed by atoms with E-state index in [9.17, 15) is 9.50 Å². The smallest absolute Gasteiger partial charge is 0.142 e. The van der Waals surface area contributed by atoms with Gasteiger partial charge in [-0.25, -0.2) is 4.39 Å². The van der Waals surface area contributed by atoms with Gasteiger partial charge >= 0.3 is 0 Å². The number of benzene rings is 2. The molecule has 0 aromatic heterocycles. The Bertz CT molecular complexity index is 773. The summed E-state index contributed by atoms with van der Waals surface area (Å²) in [7, 11) is 0. The lowest BCUT2D eigenvalue weighted by atomic mass is 10.1. The Morgan fingerprint density at radius 3 is 2.74 bits per heavy atom. The van der Waals surface area contributed by atoms with Crippen LogP contribution in [-0.4, -0.2) is 49.0 Å². The molecule has 1 aliphatic heterocycles. The van der Waals surface area contributed by atoms with Crippen molar-refractivity contribution in [3.8, 4) is 5.75 Å². The van der Waals surface area contributed by atoms with Crippen molar-refractivity contribution in [1.82, 2.24) is 4.90 Å². The fourth-order valence-corrected chi connectivity index (χ4v) is 3.52. The van der Waals surface area contributed by atoms with Gasteiger partial charge in [-0.15, -0.1) is 0 Å². The Morgan fingerprint density at radius 1 is 1.26 bits per heavy atom. The first-order valence-electron chi connectivity index (χ1n) is 8.78. The zero-order valence-corrected chi connectivity index (χ0v) is 16.5. The third-order valence-electron chi connectivity index (χ3n) is 4.47. The van der Waals surface area contributed by atoms with Crippen molar-refractivity contribution in [1.29, 1.82) is 0 Å². The van der Waals surface area contributed by atoms with Crippen molar-refractivity contribution in [3.05, 3.63) is 63.4 Å². The fraction of sp³-hybridized carbons (Fsp3) is 0.400. The summed E-state index contributed by atoms with van der Waals surface area (Å²) >= 11 is 12.0. The summed E-state index contributed by atoms with van der Waals surface area (Å²) in [5.41, 5.74) is 1.72. The van der Waals surface area contributed by atoms with Crippen LogP contribution in [0.25, 0.3) is 0 Å². The molecule has 0 aliphatic carbocycles. The highest BCUT2D eigenvalue weighted by molar-refractivity contribution is 6.35. The van der Waals surface area contributed by atoms with E-state index in [1.54, 1.807) is 0 Å². The van der Waals surface area contributed by atoms with Crippen LogP contribution in [0.2, 0.25) is 10.0 Å². The molecule has 4 nitrogen and oxygen atoms in total. The Balaban J connectivity index is 1.55. The first-order chi connectivity index (χ1) is 12.9. The van der Waals surface area contributed by atoms with Crippen LogP contribution in [0.5, 0.6) is 5.75 Å². The Morgan fingerprint density at radius 2 is 2.00 bits per heavy atom. The van der Waals surface area contributed by atoms with Crippen LogP contribution in [0.15, 0.2) is 36.4 Å². The lowest BCUT2D eigenvalue weighted by Gasteiger charge is -2.34. The molecule has 0 spiro atoms. The molecule has 2 atom stereocenters. The molecule has 0 saturated carbocycles. The molecule has 1 aliphatic rings. The van der Waals surface area contributed by atoms with Gasteiger partial charge in [0.1, 0.15) is 24.3 Å². The molecular weight excluding hydrogens is 392 g/mol. The maximum Gasteiger partial charge on any atom is 0.142 e. The van der Waals surface area contributed by atoms with Crippen molar-refractivity contribution in [2.75, 3.05) is 32.8 Å². The fourth-order valence-electron chi connectivity index (χ4n) is 3.02. The molecule has 0 amide bonds. The number of aliphatic hydroxyl groups is 1.